The molecule has 0 heterocycles. The van der Waals surface area contributed by atoms with E-state index in [-0.39, 0.29) is 11.1 Å². The van der Waals surface area contributed by atoms with Gasteiger partial charge in [0.2, 0.25) is 0 Å². The zero-order chi connectivity index (χ0) is 12.7. The summed E-state index contributed by atoms with van der Waals surface area (Å²) < 4.78 is 0. The number of carboxylic acids is 2. The van der Waals surface area contributed by atoms with Gasteiger partial charge in [-0.05, 0) is 24.3 Å². The van der Waals surface area contributed by atoms with Crippen LogP contribution in [0.4, 0.5) is 4.79 Å². The Morgan fingerprint density at radius 1 is 0.688 bits per heavy atom. The Morgan fingerprint density at radius 3 is 1.00 bits per heavy atom. The molecule has 0 unspecified atom stereocenters. The summed E-state index contributed by atoms with van der Waals surface area (Å²) in [5.74, 6) is -2.13. The molecule has 1 aromatic rings. The number of hydrogen-bond donors (Lipinski definition) is 4. The van der Waals surface area contributed by atoms with Crippen molar-refractivity contribution in [3.05, 3.63) is 35.4 Å². The molecule has 0 fully saturated rings. The van der Waals surface area contributed by atoms with E-state index in [1.54, 1.807) is 0 Å². The Labute approximate surface area is 89.2 Å². The quantitative estimate of drug-likeness (QED) is 0.599. The molecule has 7 nitrogen and oxygen atoms in total. The fourth-order valence-electron chi connectivity index (χ4n) is 0.755. The molecule has 0 bridgehead atoms. The topological polar surface area (TPSA) is 132 Å². The van der Waals surface area contributed by atoms with E-state index in [4.69, 9.17) is 25.2 Å². The maximum atomic E-state index is 10.3. The summed E-state index contributed by atoms with van der Waals surface area (Å²) in [6.45, 7) is 0. The predicted octanol–water partition coefficient (Wildman–Crippen LogP) is 1.31. The second-order valence-electron chi connectivity index (χ2n) is 2.47. The summed E-state index contributed by atoms with van der Waals surface area (Å²) >= 11 is 0. The van der Waals surface area contributed by atoms with Crippen molar-refractivity contribution in [2.45, 2.75) is 0 Å². The molecule has 0 radical (unpaired) electrons. The molecule has 0 aliphatic carbocycles. The van der Waals surface area contributed by atoms with Gasteiger partial charge in [-0.3, -0.25) is 0 Å². The van der Waals surface area contributed by atoms with Crippen LogP contribution in [-0.4, -0.2) is 38.5 Å². The molecule has 16 heavy (non-hydrogen) atoms. The van der Waals surface area contributed by atoms with Gasteiger partial charge in [0.05, 0.1) is 11.1 Å². The number of benzene rings is 1. The molecule has 0 saturated carbocycles. The van der Waals surface area contributed by atoms with Crippen LogP contribution in [0.2, 0.25) is 0 Å². The monoisotopic (exact) mass is 228 g/mol. The zero-order valence-corrected chi connectivity index (χ0v) is 7.82. The molecule has 0 atom stereocenters. The lowest BCUT2D eigenvalue weighted by Gasteiger charge is -1.94. The molecule has 1 aromatic carbocycles. The van der Waals surface area contributed by atoms with E-state index < -0.39 is 18.1 Å². The second-order valence-corrected chi connectivity index (χ2v) is 2.47. The number of carbonyl (C=O) groups is 3. The molecule has 4 N–H and O–H groups in total. The molecule has 0 amide bonds. The van der Waals surface area contributed by atoms with Crippen molar-refractivity contribution < 1.29 is 34.8 Å². The van der Waals surface area contributed by atoms with Crippen LogP contribution in [0.5, 0.6) is 0 Å². The highest BCUT2D eigenvalue weighted by atomic mass is 16.6. The van der Waals surface area contributed by atoms with Crippen molar-refractivity contribution in [2.75, 3.05) is 0 Å². The number of aromatic carboxylic acids is 2. The lowest BCUT2D eigenvalue weighted by atomic mass is 10.1. The summed E-state index contributed by atoms with van der Waals surface area (Å²) in [5, 5.41) is 30.9. The van der Waals surface area contributed by atoms with Crippen LogP contribution in [0, 0.1) is 0 Å². The van der Waals surface area contributed by atoms with Crippen LogP contribution in [0.1, 0.15) is 20.7 Å². The van der Waals surface area contributed by atoms with Crippen LogP contribution in [0.25, 0.3) is 0 Å². The van der Waals surface area contributed by atoms with Gasteiger partial charge in [0.1, 0.15) is 0 Å². The smallest absolute Gasteiger partial charge is 0.478 e. The summed E-state index contributed by atoms with van der Waals surface area (Å²) in [6.07, 6.45) is -1.83. The Bertz CT molecular complexity index is 356. The maximum Gasteiger partial charge on any atom is 0.503 e. The van der Waals surface area contributed by atoms with Gasteiger partial charge in [-0.1, -0.05) is 0 Å². The lowest BCUT2D eigenvalue weighted by molar-refractivity contribution is 0.0681. The van der Waals surface area contributed by atoms with E-state index in [0.717, 1.165) is 0 Å². The third-order valence-corrected chi connectivity index (χ3v) is 1.38. The molecular weight excluding hydrogens is 220 g/mol. The van der Waals surface area contributed by atoms with Crippen molar-refractivity contribution in [1.82, 2.24) is 0 Å². The summed E-state index contributed by atoms with van der Waals surface area (Å²) in [4.78, 5) is 29.2. The van der Waals surface area contributed by atoms with Gasteiger partial charge in [-0.2, -0.15) is 0 Å². The van der Waals surface area contributed by atoms with Gasteiger partial charge in [0.25, 0.3) is 0 Å². The SMILES string of the molecule is O=C(O)O.O=C(O)c1ccc(C(=O)O)cc1. The Hall–Kier alpha value is -2.57. The van der Waals surface area contributed by atoms with Crippen LogP contribution in [0.3, 0.4) is 0 Å². The van der Waals surface area contributed by atoms with Crippen LogP contribution in [0.15, 0.2) is 24.3 Å². The van der Waals surface area contributed by atoms with Crippen molar-refractivity contribution >= 4 is 18.1 Å². The minimum atomic E-state index is -1.83. The van der Waals surface area contributed by atoms with Crippen molar-refractivity contribution in [1.29, 1.82) is 0 Å². The highest BCUT2D eigenvalue weighted by Crippen LogP contribution is 2.03. The van der Waals surface area contributed by atoms with E-state index in [9.17, 15) is 9.59 Å². The number of hydrogen-bond acceptors (Lipinski definition) is 3. The molecule has 0 spiro atoms. The zero-order valence-electron chi connectivity index (χ0n) is 7.82. The van der Waals surface area contributed by atoms with Gasteiger partial charge in [0, 0.05) is 0 Å². The average Bonchev–Trinajstić information content (AvgIpc) is 2.17. The summed E-state index contributed by atoms with van der Waals surface area (Å²) in [5.41, 5.74) is 0.167. The standard InChI is InChI=1S/C8H6O4.CH2O3/c9-7(10)5-1-2-6(4-3-5)8(11)12;2-1(3)4/h1-4H,(H,9,10)(H,11,12);(H2,2,3,4). The highest BCUT2D eigenvalue weighted by Gasteiger charge is 2.04. The van der Waals surface area contributed by atoms with Gasteiger partial charge in [-0.15, -0.1) is 0 Å². The van der Waals surface area contributed by atoms with Gasteiger partial charge in [0.15, 0.2) is 0 Å². The van der Waals surface area contributed by atoms with E-state index in [0.29, 0.717) is 0 Å². The van der Waals surface area contributed by atoms with E-state index >= 15 is 0 Å². The first-order chi connectivity index (χ1) is 7.34. The highest BCUT2D eigenvalue weighted by molar-refractivity contribution is 5.91. The molecule has 0 aromatic heterocycles. The van der Waals surface area contributed by atoms with Crippen molar-refractivity contribution in [3.8, 4) is 0 Å². The first kappa shape index (κ1) is 13.4. The van der Waals surface area contributed by atoms with Crippen molar-refractivity contribution in [3.63, 3.8) is 0 Å². The first-order valence-corrected chi connectivity index (χ1v) is 3.83. The maximum absolute atomic E-state index is 10.3. The van der Waals surface area contributed by atoms with E-state index in [1.165, 1.54) is 24.3 Å². The predicted molar refractivity (Wildman–Crippen MR) is 51.0 cm³/mol. The van der Waals surface area contributed by atoms with Gasteiger partial charge in [-0.25, -0.2) is 14.4 Å². The number of carboxylic acid groups (broad SMARTS) is 4. The molecule has 0 saturated heterocycles. The Morgan fingerprint density at radius 2 is 0.875 bits per heavy atom. The second kappa shape index (κ2) is 6.02. The van der Waals surface area contributed by atoms with Crippen LogP contribution in [-0.2, 0) is 0 Å². The minimum Gasteiger partial charge on any atom is -0.478 e. The van der Waals surface area contributed by atoms with Crippen LogP contribution >= 0.6 is 0 Å². The van der Waals surface area contributed by atoms with E-state index in [2.05, 4.69) is 0 Å². The summed E-state index contributed by atoms with van der Waals surface area (Å²) in [6, 6.07) is 5.02. The molecule has 0 aliphatic heterocycles. The third-order valence-electron chi connectivity index (χ3n) is 1.38. The molecular formula is C9H8O7. The van der Waals surface area contributed by atoms with Gasteiger partial charge >= 0.3 is 18.1 Å². The minimum absolute atomic E-state index is 0.0833. The third kappa shape index (κ3) is 5.22. The lowest BCUT2D eigenvalue weighted by Crippen LogP contribution is -1.99. The normalized spacial score (nSPS) is 8.50. The largest absolute Gasteiger partial charge is 0.503 e. The molecule has 0 aliphatic rings. The van der Waals surface area contributed by atoms with Crippen molar-refractivity contribution in [2.24, 2.45) is 0 Å². The summed E-state index contributed by atoms with van der Waals surface area (Å²) in [7, 11) is 0. The number of rotatable bonds is 2. The first-order valence-electron chi connectivity index (χ1n) is 3.83. The average molecular weight is 228 g/mol. The Kier molecular flexibility index (Phi) is 5.05. The fraction of sp³-hybridized carbons (Fsp3) is 0. The van der Waals surface area contributed by atoms with E-state index in [1.807, 2.05) is 0 Å². The van der Waals surface area contributed by atoms with Crippen LogP contribution < -0.4 is 0 Å². The van der Waals surface area contributed by atoms with Gasteiger partial charge < -0.3 is 20.4 Å². The molecule has 1 rings (SSSR count). The fourth-order valence-corrected chi connectivity index (χ4v) is 0.755. The Balaban J connectivity index is 0.000000487. The molecule has 7 heteroatoms. The molecule has 86 valence electrons.